The van der Waals surface area contributed by atoms with Crippen LogP contribution >= 0.6 is 0 Å². The van der Waals surface area contributed by atoms with E-state index in [0.717, 1.165) is 5.56 Å². The number of aryl methyl sites for hydroxylation is 1. The highest BCUT2D eigenvalue weighted by atomic mass is 32.2. The minimum Gasteiger partial charge on any atom is -0.398 e. The molecule has 0 unspecified atom stereocenters. The molecule has 0 spiro atoms. The number of anilines is 1. The maximum Gasteiger partial charge on any atom is 0.243 e. The van der Waals surface area contributed by atoms with Gasteiger partial charge in [0, 0.05) is 19.8 Å². The van der Waals surface area contributed by atoms with Gasteiger partial charge in [-0.2, -0.15) is 0 Å². The molecule has 5 heteroatoms. The quantitative estimate of drug-likeness (QED) is 0.772. The van der Waals surface area contributed by atoms with Crippen LogP contribution in [-0.4, -0.2) is 26.8 Å². The van der Waals surface area contributed by atoms with Crippen LogP contribution < -0.4 is 5.73 Å². The number of hydrogen-bond acceptors (Lipinski definition) is 3. The largest absolute Gasteiger partial charge is 0.398 e. The Labute approximate surface area is 90.8 Å². The summed E-state index contributed by atoms with van der Waals surface area (Å²) in [6, 6.07) is 3.44. The number of nitrogens with two attached hydrogens (primary N) is 1. The highest BCUT2D eigenvalue weighted by molar-refractivity contribution is 7.89. The van der Waals surface area contributed by atoms with Crippen LogP contribution in [-0.2, 0) is 10.0 Å². The molecule has 0 aliphatic rings. The van der Waals surface area contributed by atoms with Crippen molar-refractivity contribution in [1.82, 2.24) is 4.31 Å². The van der Waals surface area contributed by atoms with E-state index >= 15 is 0 Å². The minimum atomic E-state index is -3.41. The SMILES string of the molecule is Cc1ccc(N)c(C)c1S(=O)(=O)N(C)C. The lowest BCUT2D eigenvalue weighted by Crippen LogP contribution is -2.24. The zero-order valence-corrected chi connectivity index (χ0v) is 10.2. The second kappa shape index (κ2) is 3.83. The van der Waals surface area contributed by atoms with Crippen molar-refractivity contribution in [2.45, 2.75) is 18.7 Å². The summed E-state index contributed by atoms with van der Waals surface area (Å²) < 4.78 is 25.2. The van der Waals surface area contributed by atoms with E-state index in [4.69, 9.17) is 5.73 Å². The Morgan fingerprint density at radius 2 is 1.73 bits per heavy atom. The maximum atomic E-state index is 12.0. The summed E-state index contributed by atoms with van der Waals surface area (Å²) in [7, 11) is -0.385. The van der Waals surface area contributed by atoms with E-state index in [9.17, 15) is 8.42 Å². The van der Waals surface area contributed by atoms with Gasteiger partial charge in [-0.1, -0.05) is 6.07 Å². The molecule has 2 N–H and O–H groups in total. The van der Waals surface area contributed by atoms with E-state index in [0.29, 0.717) is 16.1 Å². The molecular formula is C10H16N2O2S. The van der Waals surface area contributed by atoms with Crippen molar-refractivity contribution >= 4 is 15.7 Å². The normalized spacial score (nSPS) is 12.1. The van der Waals surface area contributed by atoms with E-state index in [1.165, 1.54) is 18.4 Å². The summed E-state index contributed by atoms with van der Waals surface area (Å²) in [5.41, 5.74) is 7.54. The van der Waals surface area contributed by atoms with E-state index in [1.807, 2.05) is 0 Å². The Balaban J connectivity index is 3.58. The fourth-order valence-electron chi connectivity index (χ4n) is 1.42. The number of nitrogen functional groups attached to an aromatic ring is 1. The fourth-order valence-corrected chi connectivity index (χ4v) is 2.77. The maximum absolute atomic E-state index is 12.0. The van der Waals surface area contributed by atoms with Gasteiger partial charge in [-0.15, -0.1) is 0 Å². The van der Waals surface area contributed by atoms with Crippen LogP contribution in [0.5, 0.6) is 0 Å². The van der Waals surface area contributed by atoms with Crippen LogP contribution in [0.1, 0.15) is 11.1 Å². The van der Waals surface area contributed by atoms with Gasteiger partial charge >= 0.3 is 0 Å². The molecule has 84 valence electrons. The Hall–Kier alpha value is -1.07. The van der Waals surface area contributed by atoms with Crippen LogP contribution in [0, 0.1) is 13.8 Å². The molecule has 0 saturated heterocycles. The van der Waals surface area contributed by atoms with Gasteiger partial charge < -0.3 is 5.73 Å². The predicted molar refractivity (Wildman–Crippen MR) is 61.2 cm³/mol. The third kappa shape index (κ3) is 1.98. The first-order valence-corrected chi connectivity index (χ1v) is 6.00. The highest BCUT2D eigenvalue weighted by Crippen LogP contribution is 2.26. The zero-order chi connectivity index (χ0) is 11.8. The van der Waals surface area contributed by atoms with Gasteiger partial charge in [0.1, 0.15) is 0 Å². The summed E-state index contributed by atoms with van der Waals surface area (Å²) in [6.45, 7) is 3.49. The monoisotopic (exact) mass is 228 g/mol. The molecule has 15 heavy (non-hydrogen) atoms. The average Bonchev–Trinajstić information content (AvgIpc) is 2.11. The van der Waals surface area contributed by atoms with Crippen LogP contribution in [0.15, 0.2) is 17.0 Å². The van der Waals surface area contributed by atoms with Gasteiger partial charge in [0.2, 0.25) is 10.0 Å². The first kappa shape index (κ1) is 12.0. The molecule has 1 aromatic rings. The van der Waals surface area contributed by atoms with Crippen molar-refractivity contribution in [2.24, 2.45) is 0 Å². The van der Waals surface area contributed by atoms with Crippen LogP contribution in [0.4, 0.5) is 5.69 Å². The fraction of sp³-hybridized carbons (Fsp3) is 0.400. The van der Waals surface area contributed by atoms with E-state index in [-0.39, 0.29) is 0 Å². The molecule has 0 heterocycles. The van der Waals surface area contributed by atoms with Crippen molar-refractivity contribution < 1.29 is 8.42 Å². The molecule has 0 aliphatic carbocycles. The van der Waals surface area contributed by atoms with E-state index in [1.54, 1.807) is 26.0 Å². The Morgan fingerprint density at radius 3 is 2.20 bits per heavy atom. The number of rotatable bonds is 2. The van der Waals surface area contributed by atoms with Gasteiger partial charge in [-0.05, 0) is 31.0 Å². The molecule has 0 radical (unpaired) electrons. The molecule has 0 saturated carbocycles. The molecule has 1 aromatic carbocycles. The molecular weight excluding hydrogens is 212 g/mol. The van der Waals surface area contributed by atoms with E-state index < -0.39 is 10.0 Å². The van der Waals surface area contributed by atoms with Crippen molar-refractivity contribution in [3.63, 3.8) is 0 Å². The van der Waals surface area contributed by atoms with Gasteiger partial charge in [0.25, 0.3) is 0 Å². The summed E-state index contributed by atoms with van der Waals surface area (Å²) in [5, 5.41) is 0. The number of nitrogens with zero attached hydrogens (tertiary/aromatic N) is 1. The minimum absolute atomic E-state index is 0.313. The Bertz CT molecular complexity index is 478. The molecule has 0 fully saturated rings. The van der Waals surface area contributed by atoms with E-state index in [2.05, 4.69) is 0 Å². The Morgan fingerprint density at radius 1 is 1.20 bits per heavy atom. The summed E-state index contributed by atoms with van der Waals surface area (Å²) in [6.07, 6.45) is 0. The van der Waals surface area contributed by atoms with Gasteiger partial charge in [0.15, 0.2) is 0 Å². The van der Waals surface area contributed by atoms with Gasteiger partial charge in [-0.3, -0.25) is 0 Å². The highest BCUT2D eigenvalue weighted by Gasteiger charge is 2.22. The summed E-state index contributed by atoms with van der Waals surface area (Å²) >= 11 is 0. The van der Waals surface area contributed by atoms with Crippen molar-refractivity contribution in [2.75, 3.05) is 19.8 Å². The number of sulfonamides is 1. The predicted octanol–water partition coefficient (Wildman–Crippen LogP) is 1.14. The third-order valence-electron chi connectivity index (χ3n) is 2.38. The molecule has 0 aliphatic heterocycles. The number of benzene rings is 1. The topological polar surface area (TPSA) is 63.4 Å². The third-order valence-corrected chi connectivity index (χ3v) is 4.49. The summed E-state index contributed by atoms with van der Waals surface area (Å²) in [5.74, 6) is 0. The summed E-state index contributed by atoms with van der Waals surface area (Å²) in [4.78, 5) is 0.313. The molecule has 0 amide bonds. The van der Waals surface area contributed by atoms with Crippen molar-refractivity contribution in [3.8, 4) is 0 Å². The molecule has 0 bridgehead atoms. The van der Waals surface area contributed by atoms with Gasteiger partial charge in [-0.25, -0.2) is 12.7 Å². The second-order valence-corrected chi connectivity index (χ2v) is 5.80. The second-order valence-electron chi connectivity index (χ2n) is 3.71. The molecule has 4 nitrogen and oxygen atoms in total. The first-order valence-electron chi connectivity index (χ1n) is 4.56. The lowest BCUT2D eigenvalue weighted by molar-refractivity contribution is 0.519. The van der Waals surface area contributed by atoms with Crippen LogP contribution in [0.2, 0.25) is 0 Å². The first-order chi connectivity index (χ1) is 6.78. The van der Waals surface area contributed by atoms with Crippen molar-refractivity contribution in [3.05, 3.63) is 23.3 Å². The molecule has 1 rings (SSSR count). The lowest BCUT2D eigenvalue weighted by Gasteiger charge is -2.16. The van der Waals surface area contributed by atoms with Gasteiger partial charge in [0.05, 0.1) is 4.90 Å². The molecule has 0 aromatic heterocycles. The van der Waals surface area contributed by atoms with Crippen LogP contribution in [0.3, 0.4) is 0 Å². The van der Waals surface area contributed by atoms with Crippen molar-refractivity contribution in [1.29, 1.82) is 0 Å². The molecule has 0 atom stereocenters. The average molecular weight is 228 g/mol. The zero-order valence-electron chi connectivity index (χ0n) is 9.40. The lowest BCUT2D eigenvalue weighted by atomic mass is 10.1. The number of hydrogen-bond donors (Lipinski definition) is 1. The Kier molecular flexibility index (Phi) is 3.06. The standard InChI is InChI=1S/C10H16N2O2S/c1-7-5-6-9(11)8(2)10(7)15(13,14)12(3)4/h5-6H,11H2,1-4H3. The van der Waals surface area contributed by atoms with Crippen LogP contribution in [0.25, 0.3) is 0 Å². The smallest absolute Gasteiger partial charge is 0.243 e.